The fourth-order valence-electron chi connectivity index (χ4n) is 5.71. The molecule has 0 amide bonds. The van der Waals surface area contributed by atoms with Crippen molar-refractivity contribution in [3.8, 4) is 0 Å². The number of halogens is 1. The van der Waals surface area contributed by atoms with E-state index in [1.54, 1.807) is 0 Å². The maximum absolute atomic E-state index is 5.09. The van der Waals surface area contributed by atoms with Gasteiger partial charge in [-0.15, -0.1) is 0 Å². The first kappa shape index (κ1) is 23.6. The fraction of sp³-hybridized carbons (Fsp3) is 0.379. The third kappa shape index (κ3) is 4.92. The van der Waals surface area contributed by atoms with E-state index in [2.05, 4.69) is 103 Å². The zero-order valence-electron chi connectivity index (χ0n) is 20.9. The molecule has 3 aromatic heterocycles. The predicted molar refractivity (Wildman–Crippen MR) is 148 cm³/mol. The second kappa shape index (κ2) is 10.3. The number of hydrogen-bond acceptors (Lipinski definition) is 5. The highest BCUT2D eigenvalue weighted by molar-refractivity contribution is 9.10. The van der Waals surface area contributed by atoms with Gasteiger partial charge in [0, 0.05) is 56.1 Å². The zero-order chi connectivity index (χ0) is 24.5. The van der Waals surface area contributed by atoms with Gasteiger partial charge in [0.25, 0.3) is 0 Å². The van der Waals surface area contributed by atoms with Crippen molar-refractivity contribution in [3.05, 3.63) is 94.0 Å². The SMILES string of the molecule is CN1CCN(c2cccc3nc(CN(Cc4cccc(Br)c4)[C@H]4CCCc5cccnc54)cn23)CC1. The molecule has 0 radical (unpaired) electrons. The summed E-state index contributed by atoms with van der Waals surface area (Å²) in [5.74, 6) is 1.24. The molecule has 1 aliphatic heterocycles. The third-order valence-electron chi connectivity index (χ3n) is 7.59. The van der Waals surface area contributed by atoms with Crippen molar-refractivity contribution in [3.63, 3.8) is 0 Å². The largest absolute Gasteiger partial charge is 0.355 e. The van der Waals surface area contributed by atoms with Gasteiger partial charge in [0.2, 0.25) is 0 Å². The average Bonchev–Trinajstić information content (AvgIpc) is 3.31. The Hall–Kier alpha value is -2.74. The van der Waals surface area contributed by atoms with Gasteiger partial charge in [-0.1, -0.05) is 40.2 Å². The molecule has 1 fully saturated rings. The van der Waals surface area contributed by atoms with Gasteiger partial charge in [-0.05, 0) is 67.8 Å². The van der Waals surface area contributed by atoms with E-state index in [1.807, 2.05) is 6.20 Å². The molecule has 0 N–H and O–H groups in total. The summed E-state index contributed by atoms with van der Waals surface area (Å²) >= 11 is 3.66. The number of hydrogen-bond donors (Lipinski definition) is 0. The number of fused-ring (bicyclic) bond motifs is 2. The minimum atomic E-state index is 0.288. The van der Waals surface area contributed by atoms with Crippen LogP contribution in [0.1, 0.15) is 41.4 Å². The van der Waals surface area contributed by atoms with Crippen molar-refractivity contribution in [1.82, 2.24) is 24.2 Å². The quantitative estimate of drug-likeness (QED) is 0.328. The minimum Gasteiger partial charge on any atom is -0.355 e. The van der Waals surface area contributed by atoms with Crippen LogP contribution >= 0.6 is 15.9 Å². The van der Waals surface area contributed by atoms with Crippen molar-refractivity contribution < 1.29 is 0 Å². The molecule has 0 spiro atoms. The van der Waals surface area contributed by atoms with Crippen molar-refractivity contribution >= 4 is 27.4 Å². The Labute approximate surface area is 221 Å². The zero-order valence-corrected chi connectivity index (χ0v) is 22.4. The molecule has 6 rings (SSSR count). The van der Waals surface area contributed by atoms with E-state index in [0.717, 1.165) is 67.9 Å². The molecule has 186 valence electrons. The van der Waals surface area contributed by atoms with Crippen molar-refractivity contribution in [2.24, 2.45) is 0 Å². The molecular weight excluding hydrogens is 512 g/mol. The Balaban J connectivity index is 1.33. The van der Waals surface area contributed by atoms with Crippen molar-refractivity contribution in [1.29, 1.82) is 0 Å². The molecule has 0 saturated carbocycles. The first-order valence-corrected chi connectivity index (χ1v) is 13.8. The Morgan fingerprint density at radius 3 is 2.72 bits per heavy atom. The van der Waals surface area contributed by atoms with Crippen LogP contribution in [0.2, 0.25) is 0 Å². The van der Waals surface area contributed by atoms with E-state index >= 15 is 0 Å². The van der Waals surface area contributed by atoms with Crippen LogP contribution in [0.25, 0.3) is 5.65 Å². The maximum Gasteiger partial charge on any atom is 0.138 e. The maximum atomic E-state index is 5.09. The van der Waals surface area contributed by atoms with Crippen LogP contribution in [0.5, 0.6) is 0 Å². The van der Waals surface area contributed by atoms with E-state index in [9.17, 15) is 0 Å². The molecule has 2 aliphatic rings. The summed E-state index contributed by atoms with van der Waals surface area (Å²) in [6, 6.07) is 19.8. The van der Waals surface area contributed by atoms with E-state index < -0.39 is 0 Å². The van der Waals surface area contributed by atoms with E-state index in [-0.39, 0.29) is 6.04 Å². The second-order valence-electron chi connectivity index (χ2n) is 10.1. The highest BCUT2D eigenvalue weighted by Crippen LogP contribution is 2.35. The molecule has 1 saturated heterocycles. The van der Waals surface area contributed by atoms with Gasteiger partial charge in [-0.3, -0.25) is 14.3 Å². The molecular formula is C29H33BrN6. The summed E-state index contributed by atoms with van der Waals surface area (Å²) in [6.07, 6.45) is 7.63. The highest BCUT2D eigenvalue weighted by atomic mass is 79.9. The van der Waals surface area contributed by atoms with Crippen LogP contribution in [-0.2, 0) is 19.5 Å². The molecule has 0 unspecified atom stereocenters. The molecule has 4 heterocycles. The third-order valence-corrected chi connectivity index (χ3v) is 8.09. The fourth-order valence-corrected chi connectivity index (χ4v) is 6.16. The summed E-state index contributed by atoms with van der Waals surface area (Å²) in [6.45, 7) is 5.92. The van der Waals surface area contributed by atoms with Gasteiger partial charge >= 0.3 is 0 Å². The van der Waals surface area contributed by atoms with Gasteiger partial charge in [0.05, 0.1) is 17.4 Å². The van der Waals surface area contributed by atoms with Crippen LogP contribution in [0.3, 0.4) is 0 Å². The number of aryl methyl sites for hydroxylation is 1. The number of nitrogens with zero attached hydrogens (tertiary/aromatic N) is 6. The van der Waals surface area contributed by atoms with Crippen LogP contribution in [0.15, 0.2) is 71.5 Å². The van der Waals surface area contributed by atoms with Crippen LogP contribution in [-0.4, -0.2) is 57.4 Å². The molecule has 36 heavy (non-hydrogen) atoms. The highest BCUT2D eigenvalue weighted by Gasteiger charge is 2.28. The normalized spacial score (nSPS) is 18.6. The summed E-state index contributed by atoms with van der Waals surface area (Å²) in [4.78, 5) is 17.4. The first-order chi connectivity index (χ1) is 17.6. The predicted octanol–water partition coefficient (Wildman–Crippen LogP) is 5.32. The Kier molecular flexibility index (Phi) is 6.78. The molecule has 1 atom stereocenters. The lowest BCUT2D eigenvalue weighted by molar-refractivity contribution is 0.155. The molecule has 1 aromatic carbocycles. The Morgan fingerprint density at radius 1 is 1.00 bits per heavy atom. The van der Waals surface area contributed by atoms with E-state index in [0.29, 0.717) is 0 Å². The van der Waals surface area contributed by atoms with Gasteiger partial charge in [0.15, 0.2) is 0 Å². The summed E-state index contributed by atoms with van der Waals surface area (Å²) in [7, 11) is 2.20. The Bertz CT molecular complexity index is 1340. The van der Waals surface area contributed by atoms with Crippen LogP contribution in [0.4, 0.5) is 5.82 Å². The number of aromatic nitrogens is 3. The first-order valence-electron chi connectivity index (χ1n) is 13.0. The second-order valence-corrected chi connectivity index (χ2v) is 11.0. The van der Waals surface area contributed by atoms with E-state index in [4.69, 9.17) is 9.97 Å². The smallest absolute Gasteiger partial charge is 0.138 e. The van der Waals surface area contributed by atoms with Crippen molar-refractivity contribution in [2.45, 2.75) is 38.4 Å². The lowest BCUT2D eigenvalue weighted by Crippen LogP contribution is -2.45. The summed E-state index contributed by atoms with van der Waals surface area (Å²) in [5, 5.41) is 0. The van der Waals surface area contributed by atoms with E-state index in [1.165, 1.54) is 29.1 Å². The summed E-state index contributed by atoms with van der Waals surface area (Å²) < 4.78 is 3.40. The number of imidazole rings is 1. The van der Waals surface area contributed by atoms with Gasteiger partial charge in [-0.2, -0.15) is 0 Å². The van der Waals surface area contributed by atoms with Gasteiger partial charge < -0.3 is 9.80 Å². The number of likely N-dealkylation sites (N-methyl/N-ethyl adjacent to an activating group) is 1. The van der Waals surface area contributed by atoms with Crippen LogP contribution in [0, 0.1) is 0 Å². The molecule has 1 aliphatic carbocycles. The Morgan fingerprint density at radius 2 is 1.86 bits per heavy atom. The monoisotopic (exact) mass is 544 g/mol. The molecule has 0 bridgehead atoms. The van der Waals surface area contributed by atoms with Crippen LogP contribution < -0.4 is 4.90 Å². The number of pyridine rings is 2. The minimum absolute atomic E-state index is 0.288. The molecule has 6 nitrogen and oxygen atoms in total. The summed E-state index contributed by atoms with van der Waals surface area (Å²) in [5.41, 5.74) is 6.05. The molecule has 4 aromatic rings. The van der Waals surface area contributed by atoms with Crippen molar-refractivity contribution in [2.75, 3.05) is 38.1 Å². The van der Waals surface area contributed by atoms with Gasteiger partial charge in [-0.25, -0.2) is 4.98 Å². The number of anilines is 1. The molecule has 7 heteroatoms. The number of rotatable bonds is 6. The lowest BCUT2D eigenvalue weighted by Gasteiger charge is -2.35. The number of benzene rings is 1. The standard InChI is InChI=1S/C29H33BrN6/c1-33-14-16-34(17-15-33)28-12-4-11-27-32-25(21-36(27)28)20-35(19-22-6-2-9-24(30)18-22)26-10-3-7-23-8-5-13-31-29(23)26/h2,4-6,8-9,11-13,18,21,26H,3,7,10,14-17,19-20H2,1H3/t26-/m0/s1. The van der Waals surface area contributed by atoms with Gasteiger partial charge in [0.1, 0.15) is 11.5 Å². The average molecular weight is 546 g/mol. The topological polar surface area (TPSA) is 39.9 Å². The lowest BCUT2D eigenvalue weighted by atomic mass is 9.90. The number of piperazine rings is 1.